The quantitative estimate of drug-likeness (QED) is 0.143. The van der Waals surface area contributed by atoms with Gasteiger partial charge in [0.2, 0.25) is 17.7 Å². The number of benzene rings is 1. The van der Waals surface area contributed by atoms with Gasteiger partial charge in [0.25, 0.3) is 0 Å². The van der Waals surface area contributed by atoms with Gasteiger partial charge in [-0.1, -0.05) is 78.7 Å². The zero-order valence-corrected chi connectivity index (χ0v) is 28.7. The lowest BCUT2D eigenvalue weighted by Crippen LogP contribution is -2.60. The van der Waals surface area contributed by atoms with E-state index in [1.54, 1.807) is 17.1 Å². The van der Waals surface area contributed by atoms with Crippen LogP contribution in [0.2, 0.25) is 0 Å². The molecule has 0 radical (unpaired) electrons. The molecule has 3 amide bonds. The van der Waals surface area contributed by atoms with E-state index in [0.29, 0.717) is 25.8 Å². The molecule has 3 aliphatic rings. The van der Waals surface area contributed by atoms with E-state index in [-0.39, 0.29) is 42.3 Å². The Hall–Kier alpha value is -3.02. The molecule has 9 atom stereocenters. The molecule has 3 heterocycles. The number of carbonyl (C=O) groups excluding carboxylic acids is 4. The van der Waals surface area contributed by atoms with Gasteiger partial charge in [-0.3, -0.25) is 19.2 Å². The monoisotopic (exact) mass is 701 g/mol. The summed E-state index contributed by atoms with van der Waals surface area (Å²) in [6.45, 7) is 13.3. The number of carbonyl (C=O) groups is 4. The topological polar surface area (TPSA) is 125 Å². The third kappa shape index (κ3) is 6.82. The summed E-state index contributed by atoms with van der Waals surface area (Å²) in [6, 6.07) is 6.77. The van der Waals surface area contributed by atoms with Gasteiger partial charge >= 0.3 is 5.97 Å². The lowest BCUT2D eigenvalue weighted by molar-refractivity contribution is -0.152. The van der Waals surface area contributed by atoms with Crippen molar-refractivity contribution in [2.75, 3.05) is 19.8 Å². The molecular formula is C35H48BrN3O7. The number of alkyl halides is 1. The number of fused-ring (bicyclic) bond motifs is 1. The Kier molecular flexibility index (Phi) is 12.2. The van der Waals surface area contributed by atoms with Gasteiger partial charge in [-0.25, -0.2) is 0 Å². The van der Waals surface area contributed by atoms with Crippen LogP contribution in [0.1, 0.15) is 70.9 Å². The zero-order chi connectivity index (χ0) is 33.6. The number of likely N-dealkylation sites (tertiary alicyclic amines) is 1. The van der Waals surface area contributed by atoms with Crippen molar-refractivity contribution in [3.63, 3.8) is 0 Å². The predicted molar refractivity (Wildman–Crippen MR) is 178 cm³/mol. The van der Waals surface area contributed by atoms with Gasteiger partial charge in [0, 0.05) is 23.8 Å². The maximum atomic E-state index is 14.6. The standard InChI is InChI=1S/C35H48BrN3O7/c1-6-10-17-27(41)45-21-26(23-15-12-11-13-16-23)37-32(42)28-29-33(43)39(24(9-4)20-40)31(35(29)19-25(36)30(28)46-35)34(44)38(18-8-3)22(5)14-7-2/h6,8,11-13,15-16,22,24-26,28-31,40H,1,3,7,9-10,14,17-21H2,2,4-5H3,(H,37,42)/t22?,24-,25?,26-,28-,29+,30-,31-,35+/m0/s1. The van der Waals surface area contributed by atoms with E-state index >= 15 is 0 Å². The molecule has 11 heteroatoms. The number of esters is 1. The van der Waals surface area contributed by atoms with Crippen molar-refractivity contribution in [1.82, 2.24) is 15.1 Å². The largest absolute Gasteiger partial charge is 0.463 e. The SMILES string of the molecule is C=CCCC(=O)OC[C@H](NC(=O)[C@@H]1[C@H]2O[C@@]3(CC2Br)[C@H](C(=O)N(CC=C)C(C)CCC)N([C@@H](CC)CO)C(=O)[C@@H]13)c1ccccc1. The maximum absolute atomic E-state index is 14.6. The molecule has 2 bridgehead atoms. The molecule has 0 saturated carbocycles. The molecule has 46 heavy (non-hydrogen) atoms. The number of allylic oxidation sites excluding steroid dienone is 1. The van der Waals surface area contributed by atoms with Crippen LogP contribution in [0.5, 0.6) is 0 Å². The van der Waals surface area contributed by atoms with Crippen LogP contribution in [0.25, 0.3) is 0 Å². The average Bonchev–Trinajstić information content (AvgIpc) is 3.65. The van der Waals surface area contributed by atoms with Crippen LogP contribution >= 0.6 is 15.9 Å². The average molecular weight is 703 g/mol. The first kappa shape index (κ1) is 35.8. The molecular weight excluding hydrogens is 654 g/mol. The number of aliphatic hydroxyl groups excluding tert-OH is 1. The predicted octanol–water partition coefficient (Wildman–Crippen LogP) is 4.08. The molecule has 10 nitrogen and oxygen atoms in total. The minimum atomic E-state index is -1.26. The van der Waals surface area contributed by atoms with Crippen molar-refractivity contribution in [2.45, 2.75) is 100.0 Å². The smallest absolute Gasteiger partial charge is 0.306 e. The van der Waals surface area contributed by atoms with Gasteiger partial charge in [0.15, 0.2) is 0 Å². The Bertz CT molecular complexity index is 1270. The highest BCUT2D eigenvalue weighted by molar-refractivity contribution is 9.09. The van der Waals surface area contributed by atoms with Crippen LogP contribution < -0.4 is 5.32 Å². The van der Waals surface area contributed by atoms with E-state index in [4.69, 9.17) is 9.47 Å². The molecule has 4 rings (SSSR count). The summed E-state index contributed by atoms with van der Waals surface area (Å²) in [4.78, 5) is 58.7. The number of halogens is 1. The zero-order valence-electron chi connectivity index (χ0n) is 27.1. The molecule has 252 valence electrons. The lowest BCUT2D eigenvalue weighted by atomic mass is 9.70. The van der Waals surface area contributed by atoms with Crippen LogP contribution in [-0.2, 0) is 28.7 Å². The molecule has 3 saturated heterocycles. The van der Waals surface area contributed by atoms with Crippen LogP contribution in [0, 0.1) is 11.8 Å². The van der Waals surface area contributed by atoms with Crippen molar-refractivity contribution in [2.24, 2.45) is 11.8 Å². The number of ether oxygens (including phenoxy) is 2. The molecule has 3 fully saturated rings. The number of hydrogen-bond donors (Lipinski definition) is 2. The van der Waals surface area contributed by atoms with E-state index in [1.807, 2.05) is 44.2 Å². The van der Waals surface area contributed by atoms with E-state index in [9.17, 15) is 24.3 Å². The number of amides is 3. The van der Waals surface area contributed by atoms with Crippen molar-refractivity contribution in [3.05, 3.63) is 61.2 Å². The Balaban J connectivity index is 1.70. The summed E-state index contributed by atoms with van der Waals surface area (Å²) in [5, 5.41) is 13.4. The second-order valence-corrected chi connectivity index (χ2v) is 13.7. The maximum Gasteiger partial charge on any atom is 0.306 e. The molecule has 1 spiro atoms. The molecule has 2 unspecified atom stereocenters. The van der Waals surface area contributed by atoms with Gasteiger partial charge in [0.1, 0.15) is 18.2 Å². The lowest BCUT2D eigenvalue weighted by Gasteiger charge is -2.41. The Morgan fingerprint density at radius 3 is 2.57 bits per heavy atom. The number of hydrogen-bond acceptors (Lipinski definition) is 7. The Labute approximate surface area is 280 Å². The first-order valence-electron chi connectivity index (χ1n) is 16.4. The summed E-state index contributed by atoms with van der Waals surface area (Å²) in [7, 11) is 0. The number of nitrogens with one attached hydrogen (secondary N) is 1. The fourth-order valence-corrected chi connectivity index (χ4v) is 8.40. The van der Waals surface area contributed by atoms with Gasteiger partial charge < -0.3 is 29.7 Å². The van der Waals surface area contributed by atoms with Crippen molar-refractivity contribution >= 4 is 39.6 Å². The molecule has 0 aromatic heterocycles. The van der Waals surface area contributed by atoms with Crippen molar-refractivity contribution in [3.8, 4) is 0 Å². The first-order valence-corrected chi connectivity index (χ1v) is 17.3. The first-order chi connectivity index (χ1) is 22.1. The van der Waals surface area contributed by atoms with E-state index in [0.717, 1.165) is 18.4 Å². The number of aliphatic hydroxyl groups is 1. The number of nitrogens with zero attached hydrogens (tertiary/aromatic N) is 2. The second-order valence-electron chi connectivity index (χ2n) is 12.6. The van der Waals surface area contributed by atoms with Crippen LogP contribution in [0.15, 0.2) is 55.6 Å². The summed E-state index contributed by atoms with van der Waals surface area (Å²) in [5.41, 5.74) is -0.521. The molecule has 3 aliphatic heterocycles. The van der Waals surface area contributed by atoms with Crippen LogP contribution in [0.3, 0.4) is 0 Å². The highest BCUT2D eigenvalue weighted by atomic mass is 79.9. The number of rotatable bonds is 17. The normalized spacial score (nSPS) is 28.2. The molecule has 0 aliphatic carbocycles. The second kappa shape index (κ2) is 15.7. The summed E-state index contributed by atoms with van der Waals surface area (Å²) in [5.74, 6) is -3.30. The summed E-state index contributed by atoms with van der Waals surface area (Å²) in [6.07, 6.45) is 5.73. The fourth-order valence-electron chi connectivity index (χ4n) is 7.45. The molecule has 2 N–H and O–H groups in total. The highest BCUT2D eigenvalue weighted by Gasteiger charge is 2.77. The Morgan fingerprint density at radius 1 is 1.24 bits per heavy atom. The van der Waals surface area contributed by atoms with E-state index in [2.05, 4.69) is 41.3 Å². The van der Waals surface area contributed by atoms with Crippen molar-refractivity contribution in [1.29, 1.82) is 0 Å². The van der Waals surface area contributed by atoms with Gasteiger partial charge in [0.05, 0.1) is 36.6 Å². The van der Waals surface area contributed by atoms with E-state index in [1.165, 1.54) is 4.90 Å². The highest BCUT2D eigenvalue weighted by Crippen LogP contribution is 2.60. The van der Waals surface area contributed by atoms with Gasteiger partial charge in [-0.2, -0.15) is 0 Å². The van der Waals surface area contributed by atoms with Crippen LogP contribution in [-0.4, -0.2) is 93.0 Å². The molecule has 1 aromatic rings. The van der Waals surface area contributed by atoms with Gasteiger partial charge in [-0.15, -0.1) is 13.2 Å². The minimum Gasteiger partial charge on any atom is -0.463 e. The third-order valence-corrected chi connectivity index (χ3v) is 10.5. The van der Waals surface area contributed by atoms with Crippen LogP contribution in [0.4, 0.5) is 0 Å². The van der Waals surface area contributed by atoms with Gasteiger partial charge in [-0.05, 0) is 38.2 Å². The summed E-state index contributed by atoms with van der Waals surface area (Å²) >= 11 is 3.73. The van der Waals surface area contributed by atoms with Crippen molar-refractivity contribution < 1.29 is 33.8 Å². The van der Waals surface area contributed by atoms with E-state index < -0.39 is 53.5 Å². The molecule has 1 aromatic carbocycles. The fraction of sp³-hybridized carbons (Fsp3) is 0.600. The third-order valence-electron chi connectivity index (χ3n) is 9.67. The summed E-state index contributed by atoms with van der Waals surface area (Å²) < 4.78 is 12.2. The Morgan fingerprint density at radius 2 is 1.96 bits per heavy atom. The minimum absolute atomic E-state index is 0.0903.